The van der Waals surface area contributed by atoms with Crippen molar-refractivity contribution >= 4 is 27.6 Å². The molecule has 1 atom stereocenters. The average molecular weight is 298 g/mol. The van der Waals surface area contributed by atoms with Gasteiger partial charge in [-0.1, -0.05) is 15.9 Å². The van der Waals surface area contributed by atoms with Gasteiger partial charge in [0.1, 0.15) is 0 Å². The van der Waals surface area contributed by atoms with Gasteiger partial charge >= 0.3 is 6.03 Å². The van der Waals surface area contributed by atoms with Crippen molar-refractivity contribution in [2.45, 2.75) is 19.4 Å². The number of carbonyl (C=O) groups is 1. The number of benzene rings is 1. The maximum atomic E-state index is 11.9. The predicted molar refractivity (Wildman–Crippen MR) is 72.2 cm³/mol. The molecule has 1 heterocycles. The Kier molecular flexibility index (Phi) is 3.69. The fourth-order valence-corrected chi connectivity index (χ4v) is 2.57. The minimum absolute atomic E-state index is 0.0335. The Hall–Kier alpha value is -1.07. The van der Waals surface area contributed by atoms with Crippen LogP contribution in [0.15, 0.2) is 22.7 Å². The lowest BCUT2D eigenvalue weighted by molar-refractivity contribution is 0.250. The van der Waals surface area contributed by atoms with E-state index < -0.39 is 0 Å². The number of carbonyl (C=O) groups excluding carboxylic acids is 1. The van der Waals surface area contributed by atoms with E-state index >= 15 is 0 Å². The van der Waals surface area contributed by atoms with Crippen molar-refractivity contribution in [2.75, 3.05) is 18.0 Å². The van der Waals surface area contributed by atoms with Crippen molar-refractivity contribution in [1.29, 1.82) is 0 Å². The smallest absolute Gasteiger partial charge is 0.322 e. The van der Waals surface area contributed by atoms with Crippen LogP contribution in [0.1, 0.15) is 12.0 Å². The molecule has 1 saturated heterocycles. The van der Waals surface area contributed by atoms with Gasteiger partial charge in [0.2, 0.25) is 0 Å². The van der Waals surface area contributed by atoms with E-state index in [9.17, 15) is 4.79 Å². The van der Waals surface area contributed by atoms with Gasteiger partial charge in [-0.2, -0.15) is 0 Å². The second kappa shape index (κ2) is 5.06. The Bertz CT molecular complexity index is 436. The fourth-order valence-electron chi connectivity index (χ4n) is 2.10. The summed E-state index contributed by atoms with van der Waals surface area (Å²) in [7, 11) is 0. The summed E-state index contributed by atoms with van der Waals surface area (Å²) in [5.74, 6) is 0. The lowest BCUT2D eigenvalue weighted by atomic mass is 10.1. The average Bonchev–Trinajstić information content (AvgIpc) is 2.60. The van der Waals surface area contributed by atoms with Crippen LogP contribution in [-0.2, 0) is 0 Å². The van der Waals surface area contributed by atoms with Gasteiger partial charge in [0, 0.05) is 22.7 Å². The monoisotopic (exact) mass is 297 g/mol. The minimum Gasteiger partial charge on any atom is -0.333 e. The number of amides is 2. The Morgan fingerprint density at radius 3 is 3.00 bits per heavy atom. The Balaban J connectivity index is 2.20. The summed E-state index contributed by atoms with van der Waals surface area (Å²) < 4.78 is 1.02. The van der Waals surface area contributed by atoms with Gasteiger partial charge < -0.3 is 11.1 Å². The molecule has 1 aromatic carbocycles. The molecule has 5 heteroatoms. The number of rotatable bonds is 3. The number of nitrogens with zero attached hydrogens (tertiary/aromatic N) is 1. The van der Waals surface area contributed by atoms with Crippen LogP contribution in [0.2, 0.25) is 0 Å². The van der Waals surface area contributed by atoms with E-state index in [1.54, 1.807) is 4.90 Å². The highest BCUT2D eigenvalue weighted by molar-refractivity contribution is 9.10. The first-order valence-corrected chi connectivity index (χ1v) is 6.45. The predicted octanol–water partition coefficient (Wildman–Crippen LogP) is 2.00. The van der Waals surface area contributed by atoms with Crippen LogP contribution >= 0.6 is 15.9 Å². The third-order valence-electron chi connectivity index (χ3n) is 2.94. The molecule has 1 aromatic rings. The fraction of sp³-hybridized carbons (Fsp3) is 0.417. The number of nitrogens with two attached hydrogens (primary N) is 1. The maximum Gasteiger partial charge on any atom is 0.322 e. The van der Waals surface area contributed by atoms with Crippen LogP contribution in [0.4, 0.5) is 10.5 Å². The molecular formula is C12H16BrN3O. The van der Waals surface area contributed by atoms with Gasteiger partial charge in [0.05, 0.1) is 0 Å². The molecule has 1 fully saturated rings. The molecule has 0 bridgehead atoms. The standard InChI is InChI=1S/C12H16BrN3O/c1-8-6-9(13)2-3-11(8)16-7-10(4-5-14)15-12(16)17/h2-3,6,10H,4-5,7,14H2,1H3,(H,15,17). The number of anilines is 1. The summed E-state index contributed by atoms with van der Waals surface area (Å²) >= 11 is 3.42. The van der Waals surface area contributed by atoms with Crippen LogP contribution < -0.4 is 16.0 Å². The van der Waals surface area contributed by atoms with Crippen LogP contribution in [0, 0.1) is 6.92 Å². The van der Waals surface area contributed by atoms with Crippen molar-refractivity contribution in [1.82, 2.24) is 5.32 Å². The molecule has 2 amide bonds. The van der Waals surface area contributed by atoms with Gasteiger partial charge in [-0.15, -0.1) is 0 Å². The number of hydrogen-bond donors (Lipinski definition) is 2. The van der Waals surface area contributed by atoms with E-state index in [0.29, 0.717) is 13.1 Å². The molecule has 1 unspecified atom stereocenters. The number of hydrogen-bond acceptors (Lipinski definition) is 2. The summed E-state index contributed by atoms with van der Waals surface area (Å²) in [5, 5.41) is 2.94. The number of nitrogens with one attached hydrogen (secondary N) is 1. The number of urea groups is 1. The molecule has 1 aliphatic rings. The van der Waals surface area contributed by atoms with E-state index in [-0.39, 0.29) is 12.1 Å². The Labute approximate surface area is 109 Å². The topological polar surface area (TPSA) is 58.4 Å². The second-order valence-corrected chi connectivity index (χ2v) is 5.18. The third-order valence-corrected chi connectivity index (χ3v) is 3.43. The third kappa shape index (κ3) is 2.61. The molecule has 0 radical (unpaired) electrons. The number of aryl methyl sites for hydroxylation is 1. The molecule has 1 aliphatic heterocycles. The maximum absolute atomic E-state index is 11.9. The van der Waals surface area contributed by atoms with Gasteiger partial charge in [-0.25, -0.2) is 4.79 Å². The zero-order valence-electron chi connectivity index (χ0n) is 9.74. The Morgan fingerprint density at radius 1 is 1.59 bits per heavy atom. The molecule has 0 saturated carbocycles. The molecule has 92 valence electrons. The van der Waals surface area contributed by atoms with Gasteiger partial charge in [0.15, 0.2) is 0 Å². The first-order valence-electron chi connectivity index (χ1n) is 5.66. The zero-order chi connectivity index (χ0) is 12.4. The van der Waals surface area contributed by atoms with Gasteiger partial charge in [0.25, 0.3) is 0 Å². The first kappa shape index (κ1) is 12.4. The quantitative estimate of drug-likeness (QED) is 0.896. The highest BCUT2D eigenvalue weighted by atomic mass is 79.9. The minimum atomic E-state index is -0.0335. The van der Waals surface area contributed by atoms with Crippen molar-refractivity contribution in [3.05, 3.63) is 28.2 Å². The molecule has 3 N–H and O–H groups in total. The molecule has 2 rings (SSSR count). The lowest BCUT2D eigenvalue weighted by Crippen LogP contribution is -2.29. The summed E-state index contributed by atoms with van der Waals surface area (Å²) in [5.41, 5.74) is 7.56. The zero-order valence-corrected chi connectivity index (χ0v) is 11.3. The van der Waals surface area contributed by atoms with Crippen LogP contribution in [-0.4, -0.2) is 25.2 Å². The van der Waals surface area contributed by atoms with E-state index in [2.05, 4.69) is 21.2 Å². The van der Waals surface area contributed by atoms with Crippen molar-refractivity contribution in [2.24, 2.45) is 5.73 Å². The van der Waals surface area contributed by atoms with Crippen LogP contribution in [0.3, 0.4) is 0 Å². The van der Waals surface area contributed by atoms with E-state index in [1.807, 2.05) is 25.1 Å². The summed E-state index contributed by atoms with van der Waals surface area (Å²) in [6, 6.07) is 6.05. The summed E-state index contributed by atoms with van der Waals surface area (Å²) in [6.07, 6.45) is 0.817. The van der Waals surface area contributed by atoms with Crippen molar-refractivity contribution in [3.63, 3.8) is 0 Å². The van der Waals surface area contributed by atoms with Crippen molar-refractivity contribution in [3.8, 4) is 0 Å². The Morgan fingerprint density at radius 2 is 2.35 bits per heavy atom. The molecule has 0 aliphatic carbocycles. The highest BCUT2D eigenvalue weighted by Crippen LogP contribution is 2.26. The van der Waals surface area contributed by atoms with Gasteiger partial charge in [-0.3, -0.25) is 4.90 Å². The SMILES string of the molecule is Cc1cc(Br)ccc1N1CC(CCN)NC1=O. The lowest BCUT2D eigenvalue weighted by Gasteiger charge is -2.17. The highest BCUT2D eigenvalue weighted by Gasteiger charge is 2.29. The molecule has 4 nitrogen and oxygen atoms in total. The summed E-state index contributed by atoms with van der Waals surface area (Å²) in [4.78, 5) is 13.6. The van der Waals surface area contributed by atoms with E-state index in [1.165, 1.54) is 0 Å². The second-order valence-electron chi connectivity index (χ2n) is 4.27. The van der Waals surface area contributed by atoms with Crippen LogP contribution in [0.25, 0.3) is 0 Å². The van der Waals surface area contributed by atoms with Crippen molar-refractivity contribution < 1.29 is 4.79 Å². The molecule has 17 heavy (non-hydrogen) atoms. The number of halogens is 1. The van der Waals surface area contributed by atoms with E-state index in [4.69, 9.17) is 5.73 Å². The summed E-state index contributed by atoms with van der Waals surface area (Å²) in [6.45, 7) is 3.29. The molecule has 0 spiro atoms. The normalized spacial score (nSPS) is 19.6. The first-order chi connectivity index (χ1) is 8.11. The molecule has 0 aromatic heterocycles. The van der Waals surface area contributed by atoms with E-state index in [0.717, 1.165) is 22.1 Å². The largest absolute Gasteiger partial charge is 0.333 e. The molecular weight excluding hydrogens is 282 g/mol. The van der Waals surface area contributed by atoms with Crippen LogP contribution in [0.5, 0.6) is 0 Å². The van der Waals surface area contributed by atoms with Gasteiger partial charge in [-0.05, 0) is 43.7 Å².